The summed E-state index contributed by atoms with van der Waals surface area (Å²) in [5.74, 6) is -4.82. The Bertz CT molecular complexity index is 523. The Morgan fingerprint density at radius 1 is 1.20 bits per heavy atom. The molecule has 0 bridgehead atoms. The number of esters is 1. The maximum atomic E-state index is 13.4. The van der Waals surface area contributed by atoms with Gasteiger partial charge in [-0.2, -0.15) is 0 Å². The van der Waals surface area contributed by atoms with Gasteiger partial charge < -0.3 is 15.4 Å². The van der Waals surface area contributed by atoms with Gasteiger partial charge in [0.15, 0.2) is 11.6 Å². The lowest BCUT2D eigenvalue weighted by atomic mass is 10.2. The van der Waals surface area contributed by atoms with Gasteiger partial charge in [0.25, 0.3) is 0 Å². The molecule has 8 heteroatoms. The average molecular weight is 290 g/mol. The number of carbonyl (C=O) groups is 2. The first-order chi connectivity index (χ1) is 9.35. The summed E-state index contributed by atoms with van der Waals surface area (Å²) in [5, 5.41) is 4.68. The Morgan fingerprint density at radius 3 is 2.35 bits per heavy atom. The Labute approximate surface area is 113 Å². The number of carbonyl (C=O) groups excluding carboxylic acids is 2. The van der Waals surface area contributed by atoms with Gasteiger partial charge in [-0.1, -0.05) is 0 Å². The van der Waals surface area contributed by atoms with Crippen molar-refractivity contribution in [2.75, 3.05) is 19.0 Å². The zero-order chi connectivity index (χ0) is 15.3. The van der Waals surface area contributed by atoms with Crippen molar-refractivity contribution in [3.05, 3.63) is 29.6 Å². The normalized spacial score (nSPS) is 11.7. The van der Waals surface area contributed by atoms with Crippen molar-refractivity contribution < 1.29 is 27.5 Å². The van der Waals surface area contributed by atoms with Crippen molar-refractivity contribution in [1.29, 1.82) is 0 Å². The van der Waals surface area contributed by atoms with Crippen LogP contribution in [0.15, 0.2) is 12.1 Å². The molecule has 0 aromatic heterocycles. The molecular formula is C12H13F3N2O3. The molecule has 1 amide bonds. The van der Waals surface area contributed by atoms with E-state index in [1.54, 1.807) is 0 Å². The summed E-state index contributed by atoms with van der Waals surface area (Å²) in [5.41, 5.74) is -0.330. The predicted molar refractivity (Wildman–Crippen MR) is 64.4 cm³/mol. The fourth-order valence-electron chi connectivity index (χ4n) is 1.45. The van der Waals surface area contributed by atoms with Crippen LogP contribution in [0.4, 0.5) is 18.9 Å². The van der Waals surface area contributed by atoms with Gasteiger partial charge in [0.2, 0.25) is 5.91 Å². The molecule has 1 unspecified atom stereocenters. The number of hydrogen-bond acceptors (Lipinski definition) is 4. The molecule has 0 saturated carbocycles. The van der Waals surface area contributed by atoms with E-state index in [9.17, 15) is 22.8 Å². The maximum absolute atomic E-state index is 13.4. The Balaban J connectivity index is 2.79. The van der Waals surface area contributed by atoms with Crippen LogP contribution >= 0.6 is 0 Å². The van der Waals surface area contributed by atoms with E-state index in [0.717, 1.165) is 7.11 Å². The van der Waals surface area contributed by atoms with E-state index in [4.69, 9.17) is 0 Å². The van der Waals surface area contributed by atoms with Crippen LogP contribution < -0.4 is 10.6 Å². The number of hydrogen-bond donors (Lipinski definition) is 2. The smallest absolute Gasteiger partial charge is 0.330 e. The highest BCUT2D eigenvalue weighted by Gasteiger charge is 2.20. The van der Waals surface area contributed by atoms with E-state index in [2.05, 4.69) is 15.4 Å². The van der Waals surface area contributed by atoms with Crippen LogP contribution in [0, 0.1) is 17.5 Å². The predicted octanol–water partition coefficient (Wildman–Crippen LogP) is 1.19. The molecule has 0 spiro atoms. The Hall–Kier alpha value is -2.25. The largest absolute Gasteiger partial charge is 0.467 e. The zero-order valence-electron chi connectivity index (χ0n) is 10.8. The second-order valence-electron chi connectivity index (χ2n) is 3.90. The quantitative estimate of drug-likeness (QED) is 0.631. The molecule has 1 aromatic rings. The van der Waals surface area contributed by atoms with Gasteiger partial charge >= 0.3 is 5.97 Å². The summed E-state index contributed by atoms with van der Waals surface area (Å²) >= 11 is 0. The molecule has 0 aliphatic heterocycles. The minimum absolute atomic E-state index is 0.242. The summed E-state index contributed by atoms with van der Waals surface area (Å²) in [6, 6.07) is -0.0827. The van der Waals surface area contributed by atoms with Gasteiger partial charge in [0, 0.05) is 25.6 Å². The number of nitrogens with one attached hydrogen (secondary N) is 2. The van der Waals surface area contributed by atoms with Gasteiger partial charge in [-0.15, -0.1) is 0 Å². The van der Waals surface area contributed by atoms with Crippen molar-refractivity contribution in [3.8, 4) is 0 Å². The third-order valence-electron chi connectivity index (χ3n) is 2.37. The minimum Gasteiger partial charge on any atom is -0.467 e. The third-order valence-corrected chi connectivity index (χ3v) is 2.37. The van der Waals surface area contributed by atoms with E-state index < -0.39 is 35.4 Å². The third kappa shape index (κ3) is 4.15. The molecule has 5 nitrogen and oxygen atoms in total. The number of methoxy groups -OCH3 is 1. The molecule has 0 heterocycles. The van der Waals surface area contributed by atoms with E-state index in [-0.39, 0.29) is 12.2 Å². The highest BCUT2D eigenvalue weighted by atomic mass is 19.2. The zero-order valence-corrected chi connectivity index (χ0v) is 10.8. The number of halogens is 3. The van der Waals surface area contributed by atoms with Crippen LogP contribution in [0.2, 0.25) is 0 Å². The fourth-order valence-corrected chi connectivity index (χ4v) is 1.45. The monoisotopic (exact) mass is 290 g/mol. The standard InChI is InChI=1S/C12H13F3N2O3/c1-6(18)17-11(12(19)20-2)5-16-10-4-8(14)7(13)3-9(10)15/h3-4,11,16H,5H2,1-2H3,(H,17,18). The molecule has 0 aliphatic rings. The summed E-state index contributed by atoms with van der Waals surface area (Å²) < 4.78 is 43.5. The second kappa shape index (κ2) is 6.78. The van der Waals surface area contributed by atoms with E-state index in [1.807, 2.05) is 0 Å². The van der Waals surface area contributed by atoms with Gasteiger partial charge in [0.05, 0.1) is 12.8 Å². The molecule has 20 heavy (non-hydrogen) atoms. The molecule has 1 rings (SSSR count). The first-order valence-electron chi connectivity index (χ1n) is 5.58. The topological polar surface area (TPSA) is 67.4 Å². The highest BCUT2D eigenvalue weighted by molar-refractivity contribution is 5.83. The Morgan fingerprint density at radius 2 is 1.80 bits per heavy atom. The fraction of sp³-hybridized carbons (Fsp3) is 0.333. The minimum atomic E-state index is -1.32. The molecule has 0 aliphatic carbocycles. The number of benzene rings is 1. The maximum Gasteiger partial charge on any atom is 0.330 e. The number of amides is 1. The van der Waals surface area contributed by atoms with Gasteiger partial charge in [-0.25, -0.2) is 18.0 Å². The van der Waals surface area contributed by atoms with Crippen LogP contribution in [-0.4, -0.2) is 31.6 Å². The van der Waals surface area contributed by atoms with Crippen LogP contribution in [0.3, 0.4) is 0 Å². The lowest BCUT2D eigenvalue weighted by Gasteiger charge is -2.17. The van der Waals surface area contributed by atoms with Crippen molar-refractivity contribution in [2.24, 2.45) is 0 Å². The van der Waals surface area contributed by atoms with Crippen LogP contribution in [0.1, 0.15) is 6.92 Å². The number of anilines is 1. The van der Waals surface area contributed by atoms with Crippen LogP contribution in [0.25, 0.3) is 0 Å². The van der Waals surface area contributed by atoms with Crippen LogP contribution in [0.5, 0.6) is 0 Å². The lowest BCUT2D eigenvalue weighted by molar-refractivity contribution is -0.144. The molecule has 110 valence electrons. The Kier molecular flexibility index (Phi) is 5.36. The molecule has 1 atom stereocenters. The molecular weight excluding hydrogens is 277 g/mol. The lowest BCUT2D eigenvalue weighted by Crippen LogP contribution is -2.45. The summed E-state index contributed by atoms with van der Waals surface area (Å²) in [6.45, 7) is 0.947. The molecule has 0 fully saturated rings. The van der Waals surface area contributed by atoms with Crippen molar-refractivity contribution in [3.63, 3.8) is 0 Å². The first kappa shape index (κ1) is 15.8. The molecule has 0 saturated heterocycles. The van der Waals surface area contributed by atoms with Gasteiger partial charge in [0.1, 0.15) is 11.9 Å². The van der Waals surface area contributed by atoms with Crippen LogP contribution in [-0.2, 0) is 14.3 Å². The van der Waals surface area contributed by atoms with E-state index in [0.29, 0.717) is 12.1 Å². The molecule has 2 N–H and O–H groups in total. The summed E-state index contributed by atoms with van der Waals surface area (Å²) in [4.78, 5) is 22.3. The SMILES string of the molecule is COC(=O)C(CNc1cc(F)c(F)cc1F)NC(C)=O. The molecule has 1 aromatic carbocycles. The van der Waals surface area contributed by atoms with E-state index >= 15 is 0 Å². The second-order valence-corrected chi connectivity index (χ2v) is 3.90. The summed E-state index contributed by atoms with van der Waals surface area (Å²) in [7, 11) is 1.12. The van der Waals surface area contributed by atoms with Crippen molar-refractivity contribution in [1.82, 2.24) is 5.32 Å². The molecule has 0 radical (unpaired) electrons. The first-order valence-corrected chi connectivity index (χ1v) is 5.58. The van der Waals surface area contributed by atoms with Crippen molar-refractivity contribution >= 4 is 17.6 Å². The van der Waals surface area contributed by atoms with E-state index in [1.165, 1.54) is 6.92 Å². The summed E-state index contributed by atoms with van der Waals surface area (Å²) in [6.07, 6.45) is 0. The number of ether oxygens (including phenoxy) is 1. The number of rotatable bonds is 5. The van der Waals surface area contributed by atoms with Gasteiger partial charge in [-0.05, 0) is 0 Å². The van der Waals surface area contributed by atoms with Gasteiger partial charge in [-0.3, -0.25) is 4.79 Å². The van der Waals surface area contributed by atoms with Crippen molar-refractivity contribution in [2.45, 2.75) is 13.0 Å². The highest BCUT2D eigenvalue weighted by Crippen LogP contribution is 2.18. The average Bonchev–Trinajstić information content (AvgIpc) is 2.38.